The Morgan fingerprint density at radius 3 is 2.67 bits per heavy atom. The molecular weight excluding hydrogens is 304 g/mol. The SMILES string of the molecule is O=C(Nc1ccc(N2CCCC2=O)cc1)c1cn2ccccc2n1. The molecule has 0 atom stereocenters. The summed E-state index contributed by atoms with van der Waals surface area (Å²) in [6.07, 6.45) is 5.04. The van der Waals surface area contributed by atoms with Crippen LogP contribution in [0.1, 0.15) is 23.3 Å². The fraction of sp³-hybridized carbons (Fsp3) is 0.167. The van der Waals surface area contributed by atoms with Gasteiger partial charge in [-0.25, -0.2) is 4.98 Å². The first-order chi connectivity index (χ1) is 11.7. The Labute approximate surface area is 138 Å². The van der Waals surface area contributed by atoms with E-state index in [0.29, 0.717) is 17.8 Å². The van der Waals surface area contributed by atoms with E-state index >= 15 is 0 Å². The van der Waals surface area contributed by atoms with E-state index in [1.807, 2.05) is 36.5 Å². The Bertz CT molecular complexity index is 881. The van der Waals surface area contributed by atoms with Gasteiger partial charge in [-0.05, 0) is 42.8 Å². The number of carbonyl (C=O) groups excluding carboxylic acids is 2. The van der Waals surface area contributed by atoms with E-state index in [9.17, 15) is 9.59 Å². The lowest BCUT2D eigenvalue weighted by molar-refractivity contribution is -0.117. The van der Waals surface area contributed by atoms with Crippen LogP contribution in [0.25, 0.3) is 5.65 Å². The molecular formula is C18H16N4O2. The molecule has 0 unspecified atom stereocenters. The van der Waals surface area contributed by atoms with Crippen LogP contribution in [0.4, 0.5) is 11.4 Å². The molecule has 2 amide bonds. The third-order valence-electron chi connectivity index (χ3n) is 4.11. The molecule has 0 bridgehead atoms. The van der Waals surface area contributed by atoms with Gasteiger partial charge in [-0.3, -0.25) is 9.59 Å². The van der Waals surface area contributed by atoms with E-state index in [1.54, 1.807) is 27.6 Å². The van der Waals surface area contributed by atoms with Crippen molar-refractivity contribution in [3.63, 3.8) is 0 Å². The van der Waals surface area contributed by atoms with Gasteiger partial charge in [0.1, 0.15) is 11.3 Å². The lowest BCUT2D eigenvalue weighted by atomic mass is 10.2. The van der Waals surface area contributed by atoms with Crippen molar-refractivity contribution < 1.29 is 9.59 Å². The number of nitrogens with one attached hydrogen (secondary N) is 1. The van der Waals surface area contributed by atoms with Gasteiger partial charge in [-0.2, -0.15) is 0 Å². The third-order valence-corrected chi connectivity index (χ3v) is 4.11. The highest BCUT2D eigenvalue weighted by Crippen LogP contribution is 2.23. The van der Waals surface area contributed by atoms with Crippen LogP contribution in [0.5, 0.6) is 0 Å². The van der Waals surface area contributed by atoms with Crippen LogP contribution < -0.4 is 10.2 Å². The molecule has 120 valence electrons. The summed E-state index contributed by atoms with van der Waals surface area (Å²) in [4.78, 5) is 30.1. The standard InChI is InChI=1S/C18H16N4O2/c23-17-5-3-11-22(17)14-8-6-13(7-9-14)19-18(24)15-12-21-10-2-1-4-16(21)20-15/h1-2,4,6-10,12H,3,5,11H2,(H,19,24). The number of hydrogen-bond donors (Lipinski definition) is 1. The van der Waals surface area contributed by atoms with Crippen molar-refractivity contribution in [3.05, 3.63) is 60.6 Å². The Balaban J connectivity index is 1.50. The topological polar surface area (TPSA) is 66.7 Å². The second-order valence-corrected chi connectivity index (χ2v) is 5.74. The average Bonchev–Trinajstić information content (AvgIpc) is 3.21. The molecule has 1 aliphatic rings. The number of aromatic nitrogens is 2. The molecule has 1 aromatic carbocycles. The highest BCUT2D eigenvalue weighted by Gasteiger charge is 2.21. The maximum atomic E-state index is 12.3. The number of carbonyl (C=O) groups is 2. The van der Waals surface area contributed by atoms with Crippen molar-refractivity contribution in [2.45, 2.75) is 12.8 Å². The predicted octanol–water partition coefficient (Wildman–Crippen LogP) is 2.71. The number of fused-ring (bicyclic) bond motifs is 1. The number of benzene rings is 1. The quantitative estimate of drug-likeness (QED) is 0.807. The smallest absolute Gasteiger partial charge is 0.275 e. The second-order valence-electron chi connectivity index (χ2n) is 5.74. The molecule has 1 fully saturated rings. The summed E-state index contributed by atoms with van der Waals surface area (Å²) < 4.78 is 1.80. The van der Waals surface area contributed by atoms with Crippen LogP contribution in [0.3, 0.4) is 0 Å². The van der Waals surface area contributed by atoms with Gasteiger partial charge in [0.05, 0.1) is 0 Å². The molecule has 0 aliphatic carbocycles. The molecule has 0 radical (unpaired) electrons. The van der Waals surface area contributed by atoms with Crippen molar-refractivity contribution in [1.82, 2.24) is 9.38 Å². The zero-order valence-electron chi connectivity index (χ0n) is 13.0. The van der Waals surface area contributed by atoms with Crippen LogP contribution in [-0.2, 0) is 4.79 Å². The zero-order chi connectivity index (χ0) is 16.5. The third kappa shape index (κ3) is 2.62. The normalized spacial score (nSPS) is 14.3. The van der Waals surface area contributed by atoms with E-state index in [2.05, 4.69) is 10.3 Å². The maximum Gasteiger partial charge on any atom is 0.275 e. The molecule has 4 rings (SSSR count). The van der Waals surface area contributed by atoms with Crippen LogP contribution in [0.15, 0.2) is 54.9 Å². The van der Waals surface area contributed by atoms with Crippen LogP contribution >= 0.6 is 0 Å². The molecule has 0 spiro atoms. The number of imidazole rings is 1. The predicted molar refractivity (Wildman–Crippen MR) is 91.2 cm³/mol. The number of amides is 2. The molecule has 1 aliphatic heterocycles. The summed E-state index contributed by atoms with van der Waals surface area (Å²) >= 11 is 0. The minimum Gasteiger partial charge on any atom is -0.321 e. The highest BCUT2D eigenvalue weighted by atomic mass is 16.2. The van der Waals surface area contributed by atoms with E-state index in [1.165, 1.54) is 0 Å². The lowest BCUT2D eigenvalue weighted by Gasteiger charge is -2.15. The first-order valence-electron chi connectivity index (χ1n) is 7.86. The largest absolute Gasteiger partial charge is 0.321 e. The zero-order valence-corrected chi connectivity index (χ0v) is 13.0. The fourth-order valence-corrected chi connectivity index (χ4v) is 2.89. The molecule has 6 heteroatoms. The molecule has 2 aromatic heterocycles. The van der Waals surface area contributed by atoms with Crippen molar-refractivity contribution in [2.24, 2.45) is 0 Å². The monoisotopic (exact) mass is 320 g/mol. The summed E-state index contributed by atoms with van der Waals surface area (Å²) in [5.41, 5.74) is 2.63. The second kappa shape index (κ2) is 5.81. The maximum absolute atomic E-state index is 12.3. The fourth-order valence-electron chi connectivity index (χ4n) is 2.89. The highest BCUT2D eigenvalue weighted by molar-refractivity contribution is 6.03. The molecule has 6 nitrogen and oxygen atoms in total. The van der Waals surface area contributed by atoms with Gasteiger partial charge in [0, 0.05) is 36.7 Å². The summed E-state index contributed by atoms with van der Waals surface area (Å²) in [5.74, 6) is -0.111. The number of anilines is 2. The van der Waals surface area contributed by atoms with Gasteiger partial charge >= 0.3 is 0 Å². The van der Waals surface area contributed by atoms with Gasteiger partial charge in [0.25, 0.3) is 5.91 Å². The van der Waals surface area contributed by atoms with Crippen molar-refractivity contribution >= 4 is 28.8 Å². The molecule has 1 N–H and O–H groups in total. The van der Waals surface area contributed by atoms with Gasteiger partial charge < -0.3 is 14.6 Å². The van der Waals surface area contributed by atoms with E-state index in [0.717, 1.165) is 24.3 Å². The minimum atomic E-state index is -0.260. The van der Waals surface area contributed by atoms with Gasteiger partial charge in [0.15, 0.2) is 0 Å². The molecule has 3 heterocycles. The first kappa shape index (κ1) is 14.4. The van der Waals surface area contributed by atoms with E-state index in [4.69, 9.17) is 0 Å². The number of rotatable bonds is 3. The molecule has 24 heavy (non-hydrogen) atoms. The van der Waals surface area contributed by atoms with E-state index < -0.39 is 0 Å². The number of hydrogen-bond acceptors (Lipinski definition) is 3. The molecule has 1 saturated heterocycles. The van der Waals surface area contributed by atoms with Crippen LogP contribution in [0.2, 0.25) is 0 Å². The number of pyridine rings is 1. The van der Waals surface area contributed by atoms with Crippen molar-refractivity contribution in [1.29, 1.82) is 0 Å². The summed E-state index contributed by atoms with van der Waals surface area (Å²) in [6.45, 7) is 0.756. The van der Waals surface area contributed by atoms with Crippen LogP contribution in [-0.4, -0.2) is 27.7 Å². The molecule has 3 aromatic rings. The van der Waals surface area contributed by atoms with Crippen LogP contribution in [0, 0.1) is 0 Å². The summed E-state index contributed by atoms with van der Waals surface area (Å²) in [5, 5.41) is 2.83. The summed E-state index contributed by atoms with van der Waals surface area (Å²) in [7, 11) is 0. The van der Waals surface area contributed by atoms with Gasteiger partial charge in [0.2, 0.25) is 5.91 Å². The lowest BCUT2D eigenvalue weighted by Crippen LogP contribution is -2.23. The average molecular weight is 320 g/mol. The van der Waals surface area contributed by atoms with Gasteiger partial charge in [-0.15, -0.1) is 0 Å². The van der Waals surface area contributed by atoms with Crippen molar-refractivity contribution in [3.8, 4) is 0 Å². The molecule has 0 saturated carbocycles. The minimum absolute atomic E-state index is 0.150. The Kier molecular flexibility index (Phi) is 3.49. The van der Waals surface area contributed by atoms with Gasteiger partial charge in [-0.1, -0.05) is 6.07 Å². The Morgan fingerprint density at radius 1 is 1.12 bits per heavy atom. The summed E-state index contributed by atoms with van der Waals surface area (Å²) in [6, 6.07) is 12.9. The Hall–Kier alpha value is -3.15. The van der Waals surface area contributed by atoms with E-state index in [-0.39, 0.29) is 11.8 Å². The van der Waals surface area contributed by atoms with Crippen molar-refractivity contribution in [2.75, 3.05) is 16.8 Å². The first-order valence-corrected chi connectivity index (χ1v) is 7.86. The number of nitrogens with zero attached hydrogens (tertiary/aromatic N) is 3. The Morgan fingerprint density at radius 2 is 1.96 bits per heavy atom.